The smallest absolute Gasteiger partial charge is 0.193 e. The van der Waals surface area contributed by atoms with Crippen LogP contribution in [0.2, 0.25) is 0 Å². The lowest BCUT2D eigenvalue weighted by Crippen LogP contribution is -2.13. The number of hydrogen-bond donors (Lipinski definition) is 1. The summed E-state index contributed by atoms with van der Waals surface area (Å²) in [5, 5.41) is 2.05. The molecule has 0 aliphatic heterocycles. The van der Waals surface area contributed by atoms with Gasteiger partial charge < -0.3 is 5.73 Å². The van der Waals surface area contributed by atoms with Crippen LogP contribution in [0.25, 0.3) is 10.8 Å². The maximum Gasteiger partial charge on any atom is 0.193 e. The molecule has 0 saturated heterocycles. The first kappa shape index (κ1) is 26.2. The van der Waals surface area contributed by atoms with E-state index in [0.29, 0.717) is 5.56 Å². The Bertz CT molecular complexity index is 967. The number of rotatable bonds is 13. The Morgan fingerprint density at radius 1 is 0.875 bits per heavy atom. The molecule has 32 heavy (non-hydrogen) atoms. The SMILES string of the molecule is Br.CCCCCCCCCCCC(N)c1cc(C(=O)c2cccc3ccccc23)ccn1. The number of pyridine rings is 1. The number of benzene rings is 2. The third-order valence-electron chi connectivity index (χ3n) is 6.08. The Kier molecular flexibility index (Phi) is 11.6. The van der Waals surface area contributed by atoms with E-state index in [1.807, 2.05) is 48.5 Å². The zero-order valence-electron chi connectivity index (χ0n) is 19.3. The van der Waals surface area contributed by atoms with Gasteiger partial charge in [0.05, 0.1) is 5.69 Å². The van der Waals surface area contributed by atoms with Gasteiger partial charge in [-0.1, -0.05) is 107 Å². The largest absolute Gasteiger partial charge is 0.323 e. The molecule has 3 rings (SSSR count). The van der Waals surface area contributed by atoms with Crippen molar-refractivity contribution in [3.63, 3.8) is 0 Å². The molecule has 0 radical (unpaired) electrons. The number of nitrogens with zero attached hydrogens (tertiary/aromatic N) is 1. The van der Waals surface area contributed by atoms with E-state index in [4.69, 9.17) is 5.73 Å². The minimum absolute atomic E-state index is 0. The Labute approximate surface area is 203 Å². The van der Waals surface area contributed by atoms with E-state index < -0.39 is 0 Å². The number of ketones is 1. The number of fused-ring (bicyclic) bond motifs is 1. The topological polar surface area (TPSA) is 56.0 Å². The van der Waals surface area contributed by atoms with Gasteiger partial charge in [0.1, 0.15) is 0 Å². The van der Waals surface area contributed by atoms with Gasteiger partial charge in [0, 0.05) is 23.4 Å². The Balaban J connectivity index is 0.00000363. The van der Waals surface area contributed by atoms with E-state index in [0.717, 1.165) is 34.9 Å². The van der Waals surface area contributed by atoms with Crippen molar-refractivity contribution >= 4 is 33.5 Å². The van der Waals surface area contributed by atoms with Gasteiger partial charge in [-0.05, 0) is 29.3 Å². The average Bonchev–Trinajstić information content (AvgIpc) is 2.82. The maximum absolute atomic E-state index is 13.2. The lowest BCUT2D eigenvalue weighted by molar-refractivity contribution is 0.104. The predicted octanol–water partition coefficient (Wildman–Crippen LogP) is 7.96. The minimum Gasteiger partial charge on any atom is -0.323 e. The zero-order valence-corrected chi connectivity index (χ0v) is 21.0. The van der Waals surface area contributed by atoms with Crippen LogP contribution in [0.15, 0.2) is 60.8 Å². The number of unbranched alkanes of at least 4 members (excludes halogenated alkanes) is 8. The van der Waals surface area contributed by atoms with E-state index in [9.17, 15) is 4.79 Å². The Morgan fingerprint density at radius 3 is 2.28 bits per heavy atom. The highest BCUT2D eigenvalue weighted by molar-refractivity contribution is 8.93. The van der Waals surface area contributed by atoms with Gasteiger partial charge in [-0.15, -0.1) is 17.0 Å². The summed E-state index contributed by atoms with van der Waals surface area (Å²) in [7, 11) is 0. The van der Waals surface area contributed by atoms with Gasteiger partial charge in [-0.2, -0.15) is 0 Å². The highest BCUT2D eigenvalue weighted by atomic mass is 79.9. The minimum atomic E-state index is -0.121. The highest BCUT2D eigenvalue weighted by Crippen LogP contribution is 2.23. The van der Waals surface area contributed by atoms with Crippen molar-refractivity contribution in [1.82, 2.24) is 4.98 Å². The molecule has 1 unspecified atom stereocenters. The van der Waals surface area contributed by atoms with E-state index in [2.05, 4.69) is 11.9 Å². The summed E-state index contributed by atoms with van der Waals surface area (Å²) in [6.07, 6.45) is 14.3. The lowest BCUT2D eigenvalue weighted by atomic mass is 9.96. The molecule has 2 aromatic carbocycles. The monoisotopic (exact) mass is 496 g/mol. The van der Waals surface area contributed by atoms with Gasteiger partial charge in [-0.3, -0.25) is 9.78 Å². The van der Waals surface area contributed by atoms with Crippen LogP contribution in [0, 0.1) is 0 Å². The first-order valence-electron chi connectivity index (χ1n) is 11.9. The van der Waals surface area contributed by atoms with Crippen LogP contribution in [0.1, 0.15) is 98.8 Å². The second-order valence-corrected chi connectivity index (χ2v) is 8.55. The molecule has 0 fully saturated rings. The fourth-order valence-corrected chi connectivity index (χ4v) is 4.19. The average molecular weight is 498 g/mol. The fourth-order valence-electron chi connectivity index (χ4n) is 4.19. The second-order valence-electron chi connectivity index (χ2n) is 8.55. The summed E-state index contributed by atoms with van der Waals surface area (Å²) in [5.41, 5.74) is 8.61. The van der Waals surface area contributed by atoms with Gasteiger partial charge in [0.15, 0.2) is 5.78 Å². The first-order chi connectivity index (χ1) is 15.2. The van der Waals surface area contributed by atoms with Crippen LogP contribution >= 0.6 is 17.0 Å². The van der Waals surface area contributed by atoms with Crippen LogP contribution < -0.4 is 5.73 Å². The summed E-state index contributed by atoms with van der Waals surface area (Å²) < 4.78 is 0. The van der Waals surface area contributed by atoms with Gasteiger partial charge in [0.2, 0.25) is 0 Å². The number of nitrogens with two attached hydrogens (primary N) is 1. The van der Waals surface area contributed by atoms with Crippen molar-refractivity contribution in [2.24, 2.45) is 5.73 Å². The molecule has 3 nitrogen and oxygen atoms in total. The fraction of sp³-hybridized carbons (Fsp3) is 0.429. The van der Waals surface area contributed by atoms with Crippen molar-refractivity contribution < 1.29 is 4.79 Å². The van der Waals surface area contributed by atoms with Gasteiger partial charge in [-0.25, -0.2) is 0 Å². The summed E-state index contributed by atoms with van der Waals surface area (Å²) >= 11 is 0. The Hall–Kier alpha value is -2.04. The third-order valence-corrected chi connectivity index (χ3v) is 6.08. The standard InChI is InChI=1S/C28H36N2O.BrH/c1-2-3-4-5-6-7-8-9-10-18-26(29)27-21-23(19-20-30-27)28(31)25-17-13-15-22-14-11-12-16-24(22)25;/h11-17,19-21,26H,2-10,18,29H2,1H3;1H. The quantitative estimate of drug-likeness (QED) is 0.192. The molecule has 0 aliphatic carbocycles. The molecule has 1 heterocycles. The van der Waals surface area contributed by atoms with Crippen LogP contribution in [0.5, 0.6) is 0 Å². The molecule has 0 saturated carbocycles. The molecular formula is C28H37BrN2O. The van der Waals surface area contributed by atoms with Crippen molar-refractivity contribution in [3.8, 4) is 0 Å². The van der Waals surface area contributed by atoms with Gasteiger partial charge in [0.25, 0.3) is 0 Å². The van der Waals surface area contributed by atoms with Crippen molar-refractivity contribution in [3.05, 3.63) is 77.6 Å². The van der Waals surface area contributed by atoms with Crippen LogP contribution in [0.4, 0.5) is 0 Å². The van der Waals surface area contributed by atoms with Crippen molar-refractivity contribution in [2.45, 2.75) is 77.2 Å². The lowest BCUT2D eigenvalue weighted by Gasteiger charge is -2.12. The van der Waals surface area contributed by atoms with E-state index in [-0.39, 0.29) is 28.8 Å². The molecule has 4 heteroatoms. The molecule has 172 valence electrons. The number of halogens is 1. The summed E-state index contributed by atoms with van der Waals surface area (Å²) in [5.74, 6) is 0.0238. The first-order valence-corrected chi connectivity index (χ1v) is 11.9. The number of hydrogen-bond acceptors (Lipinski definition) is 3. The van der Waals surface area contributed by atoms with Crippen molar-refractivity contribution in [1.29, 1.82) is 0 Å². The van der Waals surface area contributed by atoms with E-state index in [1.54, 1.807) is 12.3 Å². The second kappa shape index (κ2) is 14.2. The molecule has 0 bridgehead atoms. The number of carbonyl (C=O) groups is 1. The Morgan fingerprint density at radius 2 is 1.53 bits per heavy atom. The molecule has 1 atom stereocenters. The summed E-state index contributed by atoms with van der Waals surface area (Å²) in [4.78, 5) is 17.7. The number of carbonyl (C=O) groups excluding carboxylic acids is 1. The predicted molar refractivity (Wildman–Crippen MR) is 141 cm³/mol. The molecule has 0 aliphatic rings. The summed E-state index contributed by atoms with van der Waals surface area (Å²) in [6.45, 7) is 2.26. The van der Waals surface area contributed by atoms with E-state index in [1.165, 1.54) is 51.4 Å². The zero-order chi connectivity index (χ0) is 21.9. The normalized spacial score (nSPS) is 11.8. The van der Waals surface area contributed by atoms with Crippen LogP contribution in [-0.4, -0.2) is 10.8 Å². The van der Waals surface area contributed by atoms with Gasteiger partial charge >= 0.3 is 0 Å². The highest BCUT2D eigenvalue weighted by Gasteiger charge is 2.15. The van der Waals surface area contributed by atoms with Crippen molar-refractivity contribution in [2.75, 3.05) is 0 Å². The summed E-state index contributed by atoms with van der Waals surface area (Å²) in [6, 6.07) is 17.4. The molecule has 1 aromatic heterocycles. The molecular weight excluding hydrogens is 460 g/mol. The molecule has 3 aromatic rings. The third kappa shape index (κ3) is 7.53. The molecule has 2 N–H and O–H groups in total. The molecule has 0 amide bonds. The maximum atomic E-state index is 13.2. The van der Waals surface area contributed by atoms with Crippen LogP contribution in [-0.2, 0) is 0 Å². The number of aromatic nitrogens is 1. The van der Waals surface area contributed by atoms with E-state index >= 15 is 0 Å². The van der Waals surface area contributed by atoms with Crippen LogP contribution in [0.3, 0.4) is 0 Å². The molecule has 0 spiro atoms.